The zero-order chi connectivity index (χ0) is 18.8. The lowest BCUT2D eigenvalue weighted by atomic mass is 10.1. The van der Waals surface area contributed by atoms with E-state index in [0.29, 0.717) is 16.3 Å². The van der Waals surface area contributed by atoms with Gasteiger partial charge in [-0.25, -0.2) is 0 Å². The van der Waals surface area contributed by atoms with Crippen LogP contribution in [0, 0.1) is 0 Å². The van der Waals surface area contributed by atoms with Crippen molar-refractivity contribution in [3.05, 3.63) is 62.6 Å². The highest BCUT2D eigenvalue weighted by Gasteiger charge is 2.28. The SMILES string of the molecule is O=C(Nc1cc(Cl)c(Cl)cc1Cl)c1ccc(CN2C(=O)CCC2=O)cc1. The summed E-state index contributed by atoms with van der Waals surface area (Å²) in [6.07, 6.45) is 0.507. The first kappa shape index (κ1) is 18.7. The molecule has 5 nitrogen and oxygen atoms in total. The largest absolute Gasteiger partial charge is 0.321 e. The van der Waals surface area contributed by atoms with Crippen LogP contribution in [-0.4, -0.2) is 22.6 Å². The quantitative estimate of drug-likeness (QED) is 0.593. The molecule has 0 saturated carbocycles. The first-order valence-corrected chi connectivity index (χ1v) is 8.86. The Balaban J connectivity index is 1.70. The molecule has 26 heavy (non-hydrogen) atoms. The average molecular weight is 412 g/mol. The molecule has 0 aliphatic carbocycles. The van der Waals surface area contributed by atoms with Crippen molar-refractivity contribution in [3.8, 4) is 0 Å². The summed E-state index contributed by atoms with van der Waals surface area (Å²) in [5, 5.41) is 3.52. The van der Waals surface area contributed by atoms with Gasteiger partial charge in [-0.2, -0.15) is 0 Å². The van der Waals surface area contributed by atoms with E-state index in [1.54, 1.807) is 24.3 Å². The molecule has 2 aromatic rings. The van der Waals surface area contributed by atoms with Crippen molar-refractivity contribution in [2.45, 2.75) is 19.4 Å². The third-order valence-electron chi connectivity index (χ3n) is 3.97. The van der Waals surface area contributed by atoms with Crippen molar-refractivity contribution >= 4 is 58.2 Å². The van der Waals surface area contributed by atoms with Gasteiger partial charge < -0.3 is 5.32 Å². The monoisotopic (exact) mass is 410 g/mol. The molecule has 1 fully saturated rings. The summed E-state index contributed by atoms with van der Waals surface area (Å²) in [6.45, 7) is 0.207. The number of carbonyl (C=O) groups excluding carboxylic acids is 3. The molecule has 1 aliphatic rings. The second kappa shape index (κ2) is 7.66. The maximum atomic E-state index is 12.4. The molecular formula is C18H13Cl3N2O3. The molecule has 1 heterocycles. The van der Waals surface area contributed by atoms with Gasteiger partial charge in [-0.3, -0.25) is 19.3 Å². The third kappa shape index (κ3) is 4.01. The number of nitrogens with one attached hydrogen (secondary N) is 1. The van der Waals surface area contributed by atoms with Crippen molar-refractivity contribution in [2.75, 3.05) is 5.32 Å². The number of hydrogen-bond acceptors (Lipinski definition) is 3. The van der Waals surface area contributed by atoms with Crippen LogP contribution < -0.4 is 5.32 Å². The van der Waals surface area contributed by atoms with Gasteiger partial charge in [0.15, 0.2) is 0 Å². The van der Waals surface area contributed by atoms with Crippen LogP contribution in [-0.2, 0) is 16.1 Å². The number of carbonyl (C=O) groups is 3. The Morgan fingerprint density at radius 3 is 2.12 bits per heavy atom. The molecule has 8 heteroatoms. The second-order valence-corrected chi connectivity index (χ2v) is 6.99. The van der Waals surface area contributed by atoms with Gasteiger partial charge in [-0.05, 0) is 29.8 Å². The van der Waals surface area contributed by atoms with Crippen LogP contribution in [0.25, 0.3) is 0 Å². The van der Waals surface area contributed by atoms with Gasteiger partial charge in [0.25, 0.3) is 5.91 Å². The van der Waals surface area contributed by atoms with Crippen molar-refractivity contribution in [2.24, 2.45) is 0 Å². The van der Waals surface area contributed by atoms with E-state index in [1.165, 1.54) is 17.0 Å². The first-order chi connectivity index (χ1) is 12.3. The topological polar surface area (TPSA) is 66.5 Å². The minimum absolute atomic E-state index is 0.175. The van der Waals surface area contributed by atoms with Crippen LogP contribution in [0.5, 0.6) is 0 Å². The van der Waals surface area contributed by atoms with E-state index >= 15 is 0 Å². The summed E-state index contributed by atoms with van der Waals surface area (Å²) < 4.78 is 0. The van der Waals surface area contributed by atoms with Crippen LogP contribution in [0.3, 0.4) is 0 Å². The Hall–Kier alpha value is -2.08. The maximum Gasteiger partial charge on any atom is 0.255 e. The highest BCUT2D eigenvalue weighted by Crippen LogP contribution is 2.32. The number of likely N-dealkylation sites (tertiary alicyclic amines) is 1. The molecule has 1 aliphatic heterocycles. The predicted octanol–water partition coefficient (Wildman–Crippen LogP) is 4.55. The lowest BCUT2D eigenvalue weighted by Crippen LogP contribution is -2.28. The molecule has 2 aromatic carbocycles. The summed E-state index contributed by atoms with van der Waals surface area (Å²) in [5.74, 6) is -0.720. The van der Waals surface area contributed by atoms with E-state index < -0.39 is 0 Å². The highest BCUT2D eigenvalue weighted by atomic mass is 35.5. The number of imide groups is 1. The van der Waals surface area contributed by atoms with Gasteiger partial charge in [0.05, 0.1) is 27.3 Å². The zero-order valence-electron chi connectivity index (χ0n) is 13.4. The maximum absolute atomic E-state index is 12.4. The van der Waals surface area contributed by atoms with Gasteiger partial charge in [0, 0.05) is 18.4 Å². The Morgan fingerprint density at radius 2 is 1.50 bits per heavy atom. The Morgan fingerprint density at radius 1 is 0.923 bits per heavy atom. The number of nitrogens with zero attached hydrogens (tertiary/aromatic N) is 1. The predicted molar refractivity (Wildman–Crippen MR) is 101 cm³/mol. The van der Waals surface area contributed by atoms with Crippen molar-refractivity contribution in [1.82, 2.24) is 4.90 Å². The second-order valence-electron chi connectivity index (χ2n) is 5.77. The standard InChI is InChI=1S/C18H13Cl3N2O3/c19-12-7-14(21)15(8-13(12)20)22-18(26)11-3-1-10(2-4-11)9-23-16(24)5-6-17(23)25/h1-4,7-8H,5-6,9H2,(H,22,26). The minimum atomic E-state index is -0.370. The molecule has 3 amide bonds. The Labute approximate surface area is 164 Å². The normalized spacial score (nSPS) is 14.0. The Kier molecular flexibility index (Phi) is 5.51. The van der Waals surface area contributed by atoms with Gasteiger partial charge in [-0.15, -0.1) is 0 Å². The molecule has 134 valence electrons. The van der Waals surface area contributed by atoms with Gasteiger partial charge in [0.1, 0.15) is 0 Å². The number of hydrogen-bond donors (Lipinski definition) is 1. The van der Waals surface area contributed by atoms with Crippen molar-refractivity contribution < 1.29 is 14.4 Å². The van der Waals surface area contributed by atoms with E-state index in [0.717, 1.165) is 5.56 Å². The number of amides is 3. The molecular weight excluding hydrogens is 399 g/mol. The number of anilines is 1. The fraction of sp³-hybridized carbons (Fsp3) is 0.167. The van der Waals surface area contributed by atoms with Crippen LogP contribution in [0.4, 0.5) is 5.69 Å². The lowest BCUT2D eigenvalue weighted by Gasteiger charge is -2.14. The number of rotatable bonds is 4. The van der Waals surface area contributed by atoms with E-state index in [1.807, 2.05) is 0 Å². The Bertz CT molecular complexity index is 881. The van der Waals surface area contributed by atoms with Crippen LogP contribution in [0.15, 0.2) is 36.4 Å². The molecule has 3 rings (SSSR count). The van der Waals surface area contributed by atoms with Gasteiger partial charge in [0.2, 0.25) is 11.8 Å². The van der Waals surface area contributed by atoms with Gasteiger partial charge in [-0.1, -0.05) is 46.9 Å². The van der Waals surface area contributed by atoms with Crippen molar-refractivity contribution in [3.63, 3.8) is 0 Å². The summed E-state index contributed by atoms with van der Waals surface area (Å²) in [7, 11) is 0. The smallest absolute Gasteiger partial charge is 0.255 e. The van der Waals surface area contributed by atoms with Crippen molar-refractivity contribution in [1.29, 1.82) is 0 Å². The highest BCUT2D eigenvalue weighted by molar-refractivity contribution is 6.44. The number of benzene rings is 2. The third-order valence-corrected chi connectivity index (χ3v) is 5.00. The minimum Gasteiger partial charge on any atom is -0.321 e. The molecule has 0 spiro atoms. The lowest BCUT2D eigenvalue weighted by molar-refractivity contribution is -0.139. The summed E-state index contributed by atoms with van der Waals surface area (Å²) in [6, 6.07) is 9.55. The van der Waals surface area contributed by atoms with Crippen LogP contribution >= 0.6 is 34.8 Å². The molecule has 0 bridgehead atoms. The fourth-order valence-electron chi connectivity index (χ4n) is 2.56. The van der Waals surface area contributed by atoms with E-state index in [2.05, 4.69) is 5.32 Å². The summed E-state index contributed by atoms with van der Waals surface area (Å²) in [5.41, 5.74) is 1.51. The van der Waals surface area contributed by atoms with Crippen LogP contribution in [0.2, 0.25) is 15.1 Å². The molecule has 0 atom stereocenters. The van der Waals surface area contributed by atoms with Crippen LogP contribution in [0.1, 0.15) is 28.8 Å². The first-order valence-electron chi connectivity index (χ1n) is 7.73. The summed E-state index contributed by atoms with van der Waals surface area (Å²) >= 11 is 17.9. The fourth-order valence-corrected chi connectivity index (χ4v) is 3.15. The van der Waals surface area contributed by atoms with E-state index in [9.17, 15) is 14.4 Å². The van der Waals surface area contributed by atoms with E-state index in [4.69, 9.17) is 34.8 Å². The number of halogens is 3. The summed E-state index contributed by atoms with van der Waals surface area (Å²) in [4.78, 5) is 36.9. The molecule has 0 aromatic heterocycles. The van der Waals surface area contributed by atoms with Gasteiger partial charge >= 0.3 is 0 Å². The zero-order valence-corrected chi connectivity index (χ0v) is 15.7. The average Bonchev–Trinajstić information content (AvgIpc) is 2.92. The molecule has 0 unspecified atom stereocenters. The molecule has 1 N–H and O–H groups in total. The van der Waals surface area contributed by atoms with E-state index in [-0.39, 0.29) is 47.2 Å². The molecule has 0 radical (unpaired) electrons. The molecule has 1 saturated heterocycles.